The van der Waals surface area contributed by atoms with Crippen LogP contribution in [-0.2, 0) is 11.8 Å². The second kappa shape index (κ2) is 6.01. The van der Waals surface area contributed by atoms with Gasteiger partial charge in [-0.15, -0.1) is 0 Å². The maximum atomic E-state index is 2.85. The van der Waals surface area contributed by atoms with Crippen molar-refractivity contribution in [2.45, 2.75) is 70.3 Å². The lowest BCUT2D eigenvalue weighted by Crippen LogP contribution is -2.58. The fraction of sp³-hybridized carbons (Fsp3) is 0.739. The summed E-state index contributed by atoms with van der Waals surface area (Å²) >= 11 is 0. The van der Waals surface area contributed by atoms with Crippen LogP contribution in [0.15, 0.2) is 18.2 Å². The molecule has 1 saturated carbocycles. The Morgan fingerprint density at radius 3 is 2.64 bits per heavy atom. The van der Waals surface area contributed by atoms with Crippen molar-refractivity contribution in [2.24, 2.45) is 11.8 Å². The molecule has 25 heavy (non-hydrogen) atoms. The van der Waals surface area contributed by atoms with E-state index in [1.807, 2.05) is 0 Å². The molecule has 1 aromatic rings. The fourth-order valence-corrected chi connectivity index (χ4v) is 5.90. The number of fused-ring (bicyclic) bond motifs is 4. The van der Waals surface area contributed by atoms with Gasteiger partial charge >= 0.3 is 0 Å². The van der Waals surface area contributed by atoms with Crippen LogP contribution in [0.5, 0.6) is 0 Å². The van der Waals surface area contributed by atoms with E-state index in [2.05, 4.69) is 41.8 Å². The quantitative estimate of drug-likeness (QED) is 0.794. The van der Waals surface area contributed by atoms with Gasteiger partial charge in [0.15, 0.2) is 0 Å². The topological polar surface area (TPSA) is 6.48 Å². The number of piperidine rings is 2. The van der Waals surface area contributed by atoms with E-state index < -0.39 is 0 Å². The Morgan fingerprint density at radius 1 is 1.08 bits per heavy atom. The maximum absolute atomic E-state index is 2.85. The highest BCUT2D eigenvalue weighted by atomic mass is 15.2. The molecule has 2 saturated heterocycles. The molecule has 5 rings (SSSR count). The third kappa shape index (κ3) is 2.72. The number of likely N-dealkylation sites (tertiary alicyclic amines) is 1. The van der Waals surface area contributed by atoms with Gasteiger partial charge in [0.05, 0.1) is 0 Å². The maximum Gasteiger partial charge on any atom is 0.0369 e. The summed E-state index contributed by atoms with van der Waals surface area (Å²) in [4.78, 5) is 5.48. The molecule has 0 N–H and O–H groups in total. The summed E-state index contributed by atoms with van der Waals surface area (Å²) in [5.74, 6) is 1.79. The molecule has 4 aliphatic rings. The third-order valence-electron chi connectivity index (χ3n) is 8.02. The molecule has 0 unspecified atom stereocenters. The number of benzene rings is 1. The minimum atomic E-state index is 0.379. The van der Waals surface area contributed by atoms with E-state index in [1.54, 1.807) is 11.1 Å². The lowest BCUT2D eigenvalue weighted by atomic mass is 9.59. The molecular weight excluding hydrogens is 304 g/mol. The normalized spacial score (nSPS) is 35.5. The predicted molar refractivity (Wildman–Crippen MR) is 105 cm³/mol. The highest BCUT2D eigenvalue weighted by Crippen LogP contribution is 2.50. The van der Waals surface area contributed by atoms with Gasteiger partial charge in [0.2, 0.25) is 0 Å². The van der Waals surface area contributed by atoms with Gasteiger partial charge < -0.3 is 4.90 Å². The van der Waals surface area contributed by atoms with Crippen molar-refractivity contribution in [3.05, 3.63) is 29.3 Å². The van der Waals surface area contributed by atoms with Crippen molar-refractivity contribution in [3.8, 4) is 0 Å². The Kier molecular flexibility index (Phi) is 3.89. The van der Waals surface area contributed by atoms with Crippen molar-refractivity contribution in [3.63, 3.8) is 0 Å². The van der Waals surface area contributed by atoms with Crippen LogP contribution < -0.4 is 4.90 Å². The average molecular weight is 339 g/mol. The van der Waals surface area contributed by atoms with Crippen molar-refractivity contribution >= 4 is 5.69 Å². The highest BCUT2D eigenvalue weighted by molar-refractivity contribution is 5.55. The Hall–Kier alpha value is -1.02. The Bertz CT molecular complexity index is 643. The highest BCUT2D eigenvalue weighted by Gasteiger charge is 2.49. The number of anilines is 1. The van der Waals surface area contributed by atoms with E-state index in [9.17, 15) is 0 Å². The zero-order valence-corrected chi connectivity index (χ0v) is 16.1. The summed E-state index contributed by atoms with van der Waals surface area (Å²) < 4.78 is 0. The first kappa shape index (κ1) is 16.2. The van der Waals surface area contributed by atoms with Gasteiger partial charge in [0, 0.05) is 31.4 Å². The lowest BCUT2D eigenvalue weighted by molar-refractivity contribution is 0.0284. The fourth-order valence-electron chi connectivity index (χ4n) is 5.90. The van der Waals surface area contributed by atoms with E-state index in [0.29, 0.717) is 5.41 Å². The van der Waals surface area contributed by atoms with Crippen LogP contribution in [0.3, 0.4) is 0 Å². The van der Waals surface area contributed by atoms with E-state index in [-0.39, 0.29) is 0 Å². The summed E-state index contributed by atoms with van der Waals surface area (Å²) in [6.45, 7) is 10.3. The van der Waals surface area contributed by atoms with Crippen LogP contribution in [0.2, 0.25) is 0 Å². The number of hydrogen-bond acceptors (Lipinski definition) is 2. The first-order valence-corrected chi connectivity index (χ1v) is 10.8. The molecule has 0 aromatic heterocycles. The van der Waals surface area contributed by atoms with Crippen molar-refractivity contribution in [1.29, 1.82) is 0 Å². The monoisotopic (exact) mass is 338 g/mol. The van der Waals surface area contributed by atoms with Gasteiger partial charge in [-0.3, -0.25) is 4.90 Å². The molecule has 0 radical (unpaired) electrons. The molecule has 0 spiro atoms. The molecule has 2 heteroatoms. The van der Waals surface area contributed by atoms with Gasteiger partial charge in [-0.05, 0) is 92.0 Å². The summed E-state index contributed by atoms with van der Waals surface area (Å²) in [6.07, 6.45) is 9.71. The van der Waals surface area contributed by atoms with Crippen LogP contribution in [0, 0.1) is 11.8 Å². The molecule has 0 amide bonds. The zero-order chi connectivity index (χ0) is 17.0. The molecule has 1 aromatic carbocycles. The second-order valence-corrected chi connectivity index (χ2v) is 9.56. The van der Waals surface area contributed by atoms with E-state index in [0.717, 1.165) is 17.9 Å². The van der Waals surface area contributed by atoms with E-state index in [1.165, 1.54) is 76.8 Å². The van der Waals surface area contributed by atoms with Crippen LogP contribution in [0.1, 0.15) is 63.5 Å². The largest absolute Gasteiger partial charge is 0.372 e. The first-order valence-electron chi connectivity index (χ1n) is 10.8. The standard InChI is InChI=1S/C23H34N2/c1-17-22-14-19-8-9-20(24-11-4-3-5-12-24)15-21(19)23(17,2)10-13-25(22)16-18-6-7-18/h8-9,15,17-18,22H,3-7,10-14,16H2,1-2H3/t17-,22+,23+/m0/s1. The molecule has 3 atom stereocenters. The zero-order valence-electron chi connectivity index (χ0n) is 16.1. The van der Waals surface area contributed by atoms with Crippen LogP contribution >= 0.6 is 0 Å². The first-order chi connectivity index (χ1) is 12.1. The Morgan fingerprint density at radius 2 is 1.88 bits per heavy atom. The van der Waals surface area contributed by atoms with E-state index in [4.69, 9.17) is 0 Å². The van der Waals surface area contributed by atoms with Gasteiger partial charge in [-0.2, -0.15) is 0 Å². The number of nitrogens with zero attached hydrogens (tertiary/aromatic N) is 2. The Labute approximate surface area is 153 Å². The predicted octanol–water partition coefficient (Wildman–Crippen LogP) is 4.61. The van der Waals surface area contributed by atoms with Gasteiger partial charge in [-0.25, -0.2) is 0 Å². The molecule has 2 nitrogen and oxygen atoms in total. The number of hydrogen-bond donors (Lipinski definition) is 0. The summed E-state index contributed by atoms with van der Waals surface area (Å²) in [5.41, 5.74) is 5.20. The second-order valence-electron chi connectivity index (χ2n) is 9.56. The van der Waals surface area contributed by atoms with Crippen molar-refractivity contribution in [1.82, 2.24) is 4.90 Å². The van der Waals surface area contributed by atoms with Gasteiger partial charge in [-0.1, -0.05) is 19.9 Å². The Balaban J connectivity index is 1.46. The number of rotatable bonds is 3. The molecule has 3 fully saturated rings. The van der Waals surface area contributed by atoms with Gasteiger partial charge in [0.25, 0.3) is 0 Å². The van der Waals surface area contributed by atoms with E-state index >= 15 is 0 Å². The molecule has 2 aliphatic heterocycles. The minimum Gasteiger partial charge on any atom is -0.372 e. The van der Waals surface area contributed by atoms with Crippen LogP contribution in [-0.4, -0.2) is 37.1 Å². The van der Waals surface area contributed by atoms with Gasteiger partial charge in [0.1, 0.15) is 0 Å². The third-order valence-corrected chi connectivity index (χ3v) is 8.02. The van der Waals surface area contributed by atoms with Crippen molar-refractivity contribution < 1.29 is 0 Å². The van der Waals surface area contributed by atoms with Crippen LogP contribution in [0.4, 0.5) is 5.69 Å². The minimum absolute atomic E-state index is 0.379. The smallest absolute Gasteiger partial charge is 0.0369 e. The summed E-state index contributed by atoms with van der Waals surface area (Å²) in [7, 11) is 0. The molecule has 136 valence electrons. The lowest BCUT2D eigenvalue weighted by Gasteiger charge is -2.55. The molecular formula is C23H34N2. The molecule has 2 bridgehead atoms. The summed E-state index contributed by atoms with van der Waals surface area (Å²) in [6, 6.07) is 8.26. The van der Waals surface area contributed by atoms with Crippen LogP contribution in [0.25, 0.3) is 0 Å². The summed E-state index contributed by atoms with van der Waals surface area (Å²) in [5, 5.41) is 0. The van der Waals surface area contributed by atoms with Crippen molar-refractivity contribution in [2.75, 3.05) is 31.1 Å². The molecule has 2 aliphatic carbocycles. The average Bonchev–Trinajstić information content (AvgIpc) is 3.45. The molecule has 2 heterocycles. The SMILES string of the molecule is C[C@H]1[C@H]2Cc3ccc(N4CCCCC4)cc3[C@]1(C)CCN2CC1CC1.